The number of nitrogens with two attached hydrogens (primary N) is 1. The minimum atomic E-state index is 0.0792. The predicted molar refractivity (Wildman–Crippen MR) is 89.3 cm³/mol. The predicted octanol–water partition coefficient (Wildman–Crippen LogP) is 4.19. The highest BCUT2D eigenvalue weighted by molar-refractivity contribution is 9.10. The molecule has 2 rings (SSSR count). The molecule has 0 saturated heterocycles. The molecule has 3 nitrogen and oxygen atoms in total. The summed E-state index contributed by atoms with van der Waals surface area (Å²) in [4.78, 5) is 3.35. The summed E-state index contributed by atoms with van der Waals surface area (Å²) in [5, 5.41) is 9.74. The maximum Gasteiger partial charge on any atom is 0.124 e. The third kappa shape index (κ3) is 3.58. The van der Waals surface area contributed by atoms with Gasteiger partial charge in [-0.1, -0.05) is 15.9 Å². The number of rotatable bonds is 4. The van der Waals surface area contributed by atoms with E-state index in [1.807, 2.05) is 25.2 Å². The first-order chi connectivity index (χ1) is 8.97. The van der Waals surface area contributed by atoms with Crippen molar-refractivity contribution in [3.63, 3.8) is 0 Å². The normalized spacial score (nSPS) is 10.5. The van der Waals surface area contributed by atoms with Crippen molar-refractivity contribution < 1.29 is 0 Å². The largest absolute Gasteiger partial charge is 0.384 e. The van der Waals surface area contributed by atoms with E-state index < -0.39 is 0 Å². The molecule has 2 aromatic rings. The van der Waals surface area contributed by atoms with E-state index in [9.17, 15) is 0 Å². The Morgan fingerprint density at radius 3 is 2.63 bits per heavy atom. The summed E-state index contributed by atoms with van der Waals surface area (Å²) in [5.74, 6) is 0.0792. The van der Waals surface area contributed by atoms with Crippen LogP contribution in [-0.2, 0) is 6.54 Å². The van der Waals surface area contributed by atoms with Gasteiger partial charge in [0.15, 0.2) is 0 Å². The molecule has 1 aromatic carbocycles. The Morgan fingerprint density at radius 2 is 2.05 bits per heavy atom. The lowest BCUT2D eigenvalue weighted by atomic mass is 10.1. The number of anilines is 1. The summed E-state index contributed by atoms with van der Waals surface area (Å²) >= 11 is 8.57. The van der Waals surface area contributed by atoms with Crippen LogP contribution in [0.15, 0.2) is 38.6 Å². The van der Waals surface area contributed by atoms with Crippen LogP contribution in [0.4, 0.5) is 5.69 Å². The first kappa shape index (κ1) is 14.6. The van der Waals surface area contributed by atoms with E-state index in [1.54, 1.807) is 11.3 Å². The molecule has 19 heavy (non-hydrogen) atoms. The zero-order chi connectivity index (χ0) is 14.0. The van der Waals surface area contributed by atoms with Crippen molar-refractivity contribution in [1.82, 2.24) is 0 Å². The van der Waals surface area contributed by atoms with Gasteiger partial charge in [-0.2, -0.15) is 0 Å². The molecule has 6 heteroatoms. The smallest absolute Gasteiger partial charge is 0.124 e. The van der Waals surface area contributed by atoms with Gasteiger partial charge in [-0.05, 0) is 40.2 Å². The van der Waals surface area contributed by atoms with E-state index in [0.717, 1.165) is 26.7 Å². The van der Waals surface area contributed by atoms with Gasteiger partial charge in [-0.25, -0.2) is 0 Å². The van der Waals surface area contributed by atoms with Crippen molar-refractivity contribution in [1.29, 1.82) is 5.41 Å². The van der Waals surface area contributed by atoms with Gasteiger partial charge < -0.3 is 10.6 Å². The Hall–Kier alpha value is -0.850. The van der Waals surface area contributed by atoms with Crippen LogP contribution in [0, 0.1) is 5.41 Å². The molecule has 0 unspecified atom stereocenters. The number of hydrogen-bond donors (Lipinski definition) is 2. The Kier molecular flexibility index (Phi) is 4.65. The first-order valence-electron chi connectivity index (χ1n) is 5.55. The lowest BCUT2D eigenvalue weighted by Gasteiger charge is -2.21. The number of halogens is 2. The summed E-state index contributed by atoms with van der Waals surface area (Å²) in [6.45, 7) is 0.790. The molecule has 0 aliphatic carbocycles. The van der Waals surface area contributed by atoms with Crippen molar-refractivity contribution in [3.8, 4) is 0 Å². The molecule has 0 saturated carbocycles. The van der Waals surface area contributed by atoms with Crippen molar-refractivity contribution in [2.45, 2.75) is 6.54 Å². The molecule has 0 atom stereocenters. The van der Waals surface area contributed by atoms with Gasteiger partial charge in [0.05, 0.1) is 6.54 Å². The monoisotopic (exact) mass is 401 g/mol. The molecular weight excluding hydrogens is 390 g/mol. The summed E-state index contributed by atoms with van der Waals surface area (Å²) in [7, 11) is 2.00. The maximum absolute atomic E-state index is 7.68. The molecule has 1 heterocycles. The number of benzene rings is 1. The molecule has 0 amide bonds. The third-order valence-electron chi connectivity index (χ3n) is 2.67. The lowest BCUT2D eigenvalue weighted by molar-refractivity contribution is 0.937. The van der Waals surface area contributed by atoms with Crippen molar-refractivity contribution in [2.75, 3.05) is 11.9 Å². The van der Waals surface area contributed by atoms with Crippen LogP contribution in [0.1, 0.15) is 10.4 Å². The molecule has 0 aliphatic rings. The standard InChI is InChI=1S/C13H13Br2N3S/c1-18(6-10-4-9(15)7-19-10)12-3-2-8(14)5-11(12)13(16)17/h2-5,7H,6H2,1H3,(H3,16,17). The molecule has 100 valence electrons. The molecular formula is C13H13Br2N3S. The topological polar surface area (TPSA) is 53.1 Å². The number of nitrogens with zero attached hydrogens (tertiary/aromatic N) is 1. The molecule has 3 N–H and O–H groups in total. The van der Waals surface area contributed by atoms with Gasteiger partial charge in [0.1, 0.15) is 5.84 Å². The van der Waals surface area contributed by atoms with Gasteiger partial charge in [0.25, 0.3) is 0 Å². The Bertz CT molecular complexity index is 610. The fourth-order valence-electron chi connectivity index (χ4n) is 1.81. The van der Waals surface area contributed by atoms with Crippen LogP contribution in [0.2, 0.25) is 0 Å². The van der Waals surface area contributed by atoms with E-state index in [1.165, 1.54) is 4.88 Å². The SMILES string of the molecule is CN(Cc1cc(Br)cs1)c1ccc(Br)cc1C(=N)N. The third-order valence-corrected chi connectivity index (χ3v) is 4.85. The molecule has 1 aromatic heterocycles. The van der Waals surface area contributed by atoms with E-state index in [-0.39, 0.29) is 5.84 Å². The minimum Gasteiger partial charge on any atom is -0.384 e. The number of amidine groups is 1. The van der Waals surface area contributed by atoms with Crippen LogP contribution in [-0.4, -0.2) is 12.9 Å². The van der Waals surface area contributed by atoms with Gasteiger partial charge in [-0.15, -0.1) is 11.3 Å². The second-order valence-electron chi connectivity index (χ2n) is 4.16. The first-order valence-corrected chi connectivity index (χ1v) is 8.02. The van der Waals surface area contributed by atoms with Gasteiger partial charge in [0.2, 0.25) is 0 Å². The Balaban J connectivity index is 2.28. The molecule has 0 aliphatic heterocycles. The Labute approximate surface area is 133 Å². The van der Waals surface area contributed by atoms with E-state index in [4.69, 9.17) is 11.1 Å². The van der Waals surface area contributed by atoms with Crippen LogP contribution in [0.3, 0.4) is 0 Å². The fourth-order valence-corrected chi connectivity index (χ4v) is 3.68. The summed E-state index contributed by atoms with van der Waals surface area (Å²) < 4.78 is 2.03. The van der Waals surface area contributed by atoms with E-state index in [0.29, 0.717) is 0 Å². The number of hydrogen-bond acceptors (Lipinski definition) is 3. The van der Waals surface area contributed by atoms with Crippen LogP contribution in [0.25, 0.3) is 0 Å². The van der Waals surface area contributed by atoms with Crippen LogP contribution < -0.4 is 10.6 Å². The highest BCUT2D eigenvalue weighted by Gasteiger charge is 2.11. The highest BCUT2D eigenvalue weighted by Crippen LogP contribution is 2.27. The number of thiophene rings is 1. The summed E-state index contributed by atoms with van der Waals surface area (Å²) in [6, 6.07) is 7.91. The molecule has 0 bridgehead atoms. The second-order valence-corrected chi connectivity index (χ2v) is 6.99. The zero-order valence-corrected chi connectivity index (χ0v) is 14.3. The average Bonchev–Trinajstić information content (AvgIpc) is 2.74. The van der Waals surface area contributed by atoms with Crippen LogP contribution >= 0.6 is 43.2 Å². The van der Waals surface area contributed by atoms with Crippen molar-refractivity contribution in [2.24, 2.45) is 5.73 Å². The number of nitrogens with one attached hydrogen (secondary N) is 1. The molecule has 0 spiro atoms. The zero-order valence-electron chi connectivity index (χ0n) is 10.3. The Morgan fingerprint density at radius 1 is 1.32 bits per heavy atom. The quantitative estimate of drug-likeness (QED) is 0.594. The summed E-state index contributed by atoms with van der Waals surface area (Å²) in [6.07, 6.45) is 0. The van der Waals surface area contributed by atoms with E-state index >= 15 is 0 Å². The van der Waals surface area contributed by atoms with E-state index in [2.05, 4.69) is 48.2 Å². The fraction of sp³-hybridized carbons (Fsp3) is 0.154. The highest BCUT2D eigenvalue weighted by atomic mass is 79.9. The van der Waals surface area contributed by atoms with Gasteiger partial charge in [0, 0.05) is 37.5 Å². The van der Waals surface area contributed by atoms with Crippen LogP contribution in [0.5, 0.6) is 0 Å². The molecule has 0 radical (unpaired) electrons. The molecule has 0 fully saturated rings. The minimum absolute atomic E-state index is 0.0792. The van der Waals surface area contributed by atoms with Gasteiger partial charge >= 0.3 is 0 Å². The maximum atomic E-state index is 7.68. The second kappa shape index (κ2) is 6.07. The lowest BCUT2D eigenvalue weighted by Crippen LogP contribution is -2.21. The average molecular weight is 403 g/mol. The van der Waals surface area contributed by atoms with Crippen molar-refractivity contribution in [3.05, 3.63) is 49.0 Å². The summed E-state index contributed by atoms with van der Waals surface area (Å²) in [5.41, 5.74) is 7.35. The van der Waals surface area contributed by atoms with Crippen molar-refractivity contribution >= 4 is 54.7 Å². The number of nitrogen functional groups attached to an aromatic ring is 1. The van der Waals surface area contributed by atoms with Gasteiger partial charge in [-0.3, -0.25) is 5.41 Å².